The van der Waals surface area contributed by atoms with Crippen molar-refractivity contribution in [3.8, 4) is 0 Å². The molecule has 0 aliphatic carbocycles. The summed E-state index contributed by atoms with van der Waals surface area (Å²) in [6.45, 7) is 12.0. The number of carbonyl (C=O) groups is 1. The summed E-state index contributed by atoms with van der Waals surface area (Å²) in [5.74, 6) is 0.134. The smallest absolute Gasteiger partial charge is 0.237 e. The Labute approximate surface area is 128 Å². The number of amides is 1. The highest BCUT2D eigenvalue weighted by Gasteiger charge is 2.26. The second-order valence-electron chi connectivity index (χ2n) is 6.15. The predicted octanol–water partition coefficient (Wildman–Crippen LogP) is 2.03. The average Bonchev–Trinajstić information content (AvgIpc) is 2.46. The standard InChI is InChI=1S/C17H27N3O/c1-13(2)18-17(21)15(4)19-9-11-20(12-10-19)16-8-6-5-7-14(16)3/h5-8,13,15H,9-12H2,1-4H3,(H,18,21)/t15-/m1/s1. The van der Waals surface area contributed by atoms with Crippen LogP contribution in [0.3, 0.4) is 0 Å². The molecule has 1 atom stereocenters. The lowest BCUT2D eigenvalue weighted by Crippen LogP contribution is -2.54. The molecule has 1 aromatic rings. The van der Waals surface area contributed by atoms with Crippen molar-refractivity contribution < 1.29 is 4.79 Å². The van der Waals surface area contributed by atoms with Crippen LogP contribution in [0.25, 0.3) is 0 Å². The second kappa shape index (κ2) is 6.94. The molecule has 0 bridgehead atoms. The molecule has 0 radical (unpaired) electrons. The molecule has 2 rings (SSSR count). The van der Waals surface area contributed by atoms with Gasteiger partial charge in [0.15, 0.2) is 0 Å². The quantitative estimate of drug-likeness (QED) is 0.921. The lowest BCUT2D eigenvalue weighted by atomic mass is 10.1. The van der Waals surface area contributed by atoms with E-state index in [2.05, 4.69) is 46.3 Å². The van der Waals surface area contributed by atoms with Crippen LogP contribution in [0.5, 0.6) is 0 Å². The molecule has 1 amide bonds. The lowest BCUT2D eigenvalue weighted by Gasteiger charge is -2.39. The summed E-state index contributed by atoms with van der Waals surface area (Å²) in [5.41, 5.74) is 2.63. The number of carbonyl (C=O) groups excluding carboxylic acids is 1. The van der Waals surface area contributed by atoms with E-state index < -0.39 is 0 Å². The minimum absolute atomic E-state index is 0.0496. The minimum Gasteiger partial charge on any atom is -0.369 e. The molecule has 4 nitrogen and oxygen atoms in total. The molecule has 0 spiro atoms. The summed E-state index contributed by atoms with van der Waals surface area (Å²) in [5, 5.41) is 3.00. The van der Waals surface area contributed by atoms with Crippen LogP contribution in [0.2, 0.25) is 0 Å². The molecule has 1 fully saturated rings. The Morgan fingerprint density at radius 1 is 1.10 bits per heavy atom. The van der Waals surface area contributed by atoms with Crippen LogP contribution in [0, 0.1) is 6.92 Å². The number of rotatable bonds is 4. The second-order valence-corrected chi connectivity index (χ2v) is 6.15. The number of hydrogen-bond donors (Lipinski definition) is 1. The highest BCUT2D eigenvalue weighted by molar-refractivity contribution is 5.81. The van der Waals surface area contributed by atoms with Crippen LogP contribution in [0.15, 0.2) is 24.3 Å². The molecule has 1 heterocycles. The zero-order chi connectivity index (χ0) is 15.4. The van der Waals surface area contributed by atoms with Crippen LogP contribution in [-0.2, 0) is 4.79 Å². The Morgan fingerprint density at radius 2 is 1.71 bits per heavy atom. The third kappa shape index (κ3) is 3.97. The number of anilines is 1. The number of nitrogens with one attached hydrogen (secondary N) is 1. The fourth-order valence-corrected chi connectivity index (χ4v) is 2.84. The van der Waals surface area contributed by atoms with Crippen LogP contribution in [0.4, 0.5) is 5.69 Å². The average molecular weight is 289 g/mol. The Hall–Kier alpha value is -1.55. The first kappa shape index (κ1) is 15.8. The highest BCUT2D eigenvalue weighted by Crippen LogP contribution is 2.21. The van der Waals surface area contributed by atoms with Gasteiger partial charge in [-0.2, -0.15) is 0 Å². The van der Waals surface area contributed by atoms with Gasteiger partial charge in [0, 0.05) is 37.9 Å². The normalized spacial score (nSPS) is 17.9. The minimum atomic E-state index is -0.0496. The van der Waals surface area contributed by atoms with Crippen molar-refractivity contribution >= 4 is 11.6 Å². The largest absolute Gasteiger partial charge is 0.369 e. The van der Waals surface area contributed by atoms with E-state index in [0.29, 0.717) is 0 Å². The maximum Gasteiger partial charge on any atom is 0.237 e. The zero-order valence-electron chi connectivity index (χ0n) is 13.6. The molecule has 1 aromatic carbocycles. The van der Waals surface area contributed by atoms with E-state index >= 15 is 0 Å². The summed E-state index contributed by atoms with van der Waals surface area (Å²) in [7, 11) is 0. The molecular formula is C17H27N3O. The number of benzene rings is 1. The van der Waals surface area contributed by atoms with Crippen molar-refractivity contribution in [2.75, 3.05) is 31.1 Å². The Balaban J connectivity index is 1.91. The van der Waals surface area contributed by atoms with E-state index in [9.17, 15) is 4.79 Å². The Kier molecular flexibility index (Phi) is 5.23. The summed E-state index contributed by atoms with van der Waals surface area (Å²) < 4.78 is 0. The Bertz CT molecular complexity index is 479. The maximum atomic E-state index is 12.1. The number of piperazine rings is 1. The van der Waals surface area contributed by atoms with E-state index in [0.717, 1.165) is 26.2 Å². The molecule has 21 heavy (non-hydrogen) atoms. The van der Waals surface area contributed by atoms with Gasteiger partial charge in [0.25, 0.3) is 0 Å². The molecule has 1 saturated heterocycles. The fraction of sp³-hybridized carbons (Fsp3) is 0.588. The van der Waals surface area contributed by atoms with Crippen LogP contribution >= 0.6 is 0 Å². The molecule has 0 saturated carbocycles. The summed E-state index contributed by atoms with van der Waals surface area (Å²) in [6.07, 6.45) is 0. The van der Waals surface area contributed by atoms with Gasteiger partial charge in [-0.3, -0.25) is 9.69 Å². The van der Waals surface area contributed by atoms with Gasteiger partial charge >= 0.3 is 0 Å². The summed E-state index contributed by atoms with van der Waals surface area (Å²) in [4.78, 5) is 16.8. The first-order valence-corrected chi connectivity index (χ1v) is 7.84. The number of nitrogens with zero attached hydrogens (tertiary/aromatic N) is 2. The summed E-state index contributed by atoms with van der Waals surface area (Å²) in [6, 6.07) is 8.65. The first-order chi connectivity index (χ1) is 9.99. The van der Waals surface area contributed by atoms with Gasteiger partial charge in [-0.1, -0.05) is 18.2 Å². The monoisotopic (exact) mass is 289 g/mol. The molecule has 0 unspecified atom stereocenters. The molecular weight excluding hydrogens is 262 g/mol. The third-order valence-corrected chi connectivity index (χ3v) is 4.13. The molecule has 0 aromatic heterocycles. The van der Waals surface area contributed by atoms with E-state index in [1.54, 1.807) is 0 Å². The van der Waals surface area contributed by atoms with Crippen molar-refractivity contribution in [1.82, 2.24) is 10.2 Å². The molecule has 1 N–H and O–H groups in total. The molecule has 116 valence electrons. The van der Waals surface area contributed by atoms with E-state index in [-0.39, 0.29) is 18.0 Å². The van der Waals surface area contributed by atoms with Crippen LogP contribution in [0.1, 0.15) is 26.3 Å². The van der Waals surface area contributed by atoms with E-state index in [1.807, 2.05) is 20.8 Å². The van der Waals surface area contributed by atoms with E-state index in [1.165, 1.54) is 11.3 Å². The van der Waals surface area contributed by atoms with Gasteiger partial charge in [0.1, 0.15) is 0 Å². The predicted molar refractivity (Wildman–Crippen MR) is 87.7 cm³/mol. The van der Waals surface area contributed by atoms with Crippen LogP contribution < -0.4 is 10.2 Å². The van der Waals surface area contributed by atoms with Gasteiger partial charge in [-0.05, 0) is 39.3 Å². The summed E-state index contributed by atoms with van der Waals surface area (Å²) >= 11 is 0. The van der Waals surface area contributed by atoms with Gasteiger partial charge < -0.3 is 10.2 Å². The maximum absolute atomic E-state index is 12.1. The molecule has 1 aliphatic rings. The van der Waals surface area contributed by atoms with Gasteiger partial charge in [-0.15, -0.1) is 0 Å². The SMILES string of the molecule is Cc1ccccc1N1CCN([C@H](C)C(=O)NC(C)C)CC1. The van der Waals surface area contributed by atoms with Crippen molar-refractivity contribution in [3.63, 3.8) is 0 Å². The zero-order valence-corrected chi connectivity index (χ0v) is 13.6. The van der Waals surface area contributed by atoms with Gasteiger partial charge in [-0.25, -0.2) is 0 Å². The molecule has 1 aliphatic heterocycles. The Morgan fingerprint density at radius 3 is 2.29 bits per heavy atom. The molecule has 4 heteroatoms. The van der Waals surface area contributed by atoms with Crippen molar-refractivity contribution in [1.29, 1.82) is 0 Å². The lowest BCUT2D eigenvalue weighted by molar-refractivity contribution is -0.126. The van der Waals surface area contributed by atoms with Crippen molar-refractivity contribution in [3.05, 3.63) is 29.8 Å². The third-order valence-electron chi connectivity index (χ3n) is 4.13. The van der Waals surface area contributed by atoms with Gasteiger partial charge in [0.2, 0.25) is 5.91 Å². The van der Waals surface area contributed by atoms with Crippen molar-refractivity contribution in [2.24, 2.45) is 0 Å². The first-order valence-electron chi connectivity index (χ1n) is 7.84. The van der Waals surface area contributed by atoms with E-state index in [4.69, 9.17) is 0 Å². The number of para-hydroxylation sites is 1. The van der Waals surface area contributed by atoms with Crippen molar-refractivity contribution in [2.45, 2.75) is 39.8 Å². The van der Waals surface area contributed by atoms with Gasteiger partial charge in [0.05, 0.1) is 6.04 Å². The topological polar surface area (TPSA) is 35.6 Å². The van der Waals surface area contributed by atoms with Crippen LogP contribution in [-0.4, -0.2) is 49.1 Å². The number of aryl methyl sites for hydroxylation is 1. The number of hydrogen-bond acceptors (Lipinski definition) is 3. The highest BCUT2D eigenvalue weighted by atomic mass is 16.2. The fourth-order valence-electron chi connectivity index (χ4n) is 2.84.